The molecule has 0 atom stereocenters. The molecule has 1 aromatic carbocycles. The molecule has 10 heteroatoms. The Hall–Kier alpha value is -4.44. The number of halogens is 1. The third-order valence-electron chi connectivity index (χ3n) is 6.31. The summed E-state index contributed by atoms with van der Waals surface area (Å²) in [6.45, 7) is 0. The van der Waals surface area contributed by atoms with Gasteiger partial charge in [-0.25, -0.2) is 14.4 Å². The molecule has 1 aliphatic rings. The lowest BCUT2D eigenvalue weighted by molar-refractivity contribution is -0.117. The lowest BCUT2D eigenvalue weighted by atomic mass is 10.0. The van der Waals surface area contributed by atoms with E-state index in [4.69, 9.17) is 4.98 Å². The highest BCUT2D eigenvalue weighted by Gasteiger charge is 2.29. The van der Waals surface area contributed by atoms with Gasteiger partial charge in [-0.05, 0) is 54.1 Å². The second-order valence-electron chi connectivity index (χ2n) is 8.80. The van der Waals surface area contributed by atoms with Gasteiger partial charge in [-0.3, -0.25) is 14.9 Å². The van der Waals surface area contributed by atoms with Crippen LogP contribution in [-0.4, -0.2) is 36.0 Å². The summed E-state index contributed by atoms with van der Waals surface area (Å²) in [4.78, 5) is 29.9. The summed E-state index contributed by atoms with van der Waals surface area (Å²) >= 11 is 1.63. The molecule has 1 aliphatic carbocycles. The molecule has 3 N–H and O–H groups in total. The highest BCUT2D eigenvalue weighted by atomic mass is 32.1. The van der Waals surface area contributed by atoms with Crippen LogP contribution in [0.15, 0.2) is 60.4 Å². The first-order valence-electron chi connectivity index (χ1n) is 11.5. The van der Waals surface area contributed by atoms with E-state index in [1.54, 1.807) is 36.0 Å². The molecule has 36 heavy (non-hydrogen) atoms. The number of nitrogens with zero attached hydrogens (tertiary/aromatic N) is 4. The molecule has 0 spiro atoms. The number of amides is 1. The van der Waals surface area contributed by atoms with E-state index < -0.39 is 5.82 Å². The molecule has 1 amide bonds. The highest BCUT2D eigenvalue weighted by molar-refractivity contribution is 7.13. The number of pyridine rings is 2. The van der Waals surface area contributed by atoms with Crippen molar-refractivity contribution in [1.82, 2.24) is 30.1 Å². The standard InChI is InChI=1S/C26H18FN7OS/c27-19-10-14(15-8-16(12-28-11-15)30-26(35)13-3-4-13)9-18-21(19)33-34-23(18)25-31-22-17(20-2-1-7-36-20)5-6-29-24(22)32-25/h1-2,5-13H,3-4H2,(H,30,35)(H,33,34)(H,29,31,32). The van der Waals surface area contributed by atoms with Gasteiger partial charge in [0, 0.05) is 39.7 Å². The lowest BCUT2D eigenvalue weighted by Crippen LogP contribution is -2.13. The molecule has 1 saturated carbocycles. The summed E-state index contributed by atoms with van der Waals surface area (Å²) in [6.07, 6.45) is 6.80. The maximum Gasteiger partial charge on any atom is 0.227 e. The van der Waals surface area contributed by atoms with Gasteiger partial charge in [0.25, 0.3) is 0 Å². The molecule has 5 aromatic heterocycles. The number of hydrogen-bond donors (Lipinski definition) is 3. The predicted octanol–water partition coefficient (Wildman–Crippen LogP) is 5.78. The second-order valence-corrected chi connectivity index (χ2v) is 9.74. The van der Waals surface area contributed by atoms with Gasteiger partial charge in [0.15, 0.2) is 11.5 Å². The van der Waals surface area contributed by atoms with Crippen LogP contribution in [0.3, 0.4) is 0 Å². The summed E-state index contributed by atoms with van der Waals surface area (Å²) in [5.41, 5.74) is 4.99. The van der Waals surface area contributed by atoms with E-state index in [1.807, 2.05) is 29.6 Å². The van der Waals surface area contributed by atoms with Crippen LogP contribution in [0.1, 0.15) is 12.8 Å². The quantitative estimate of drug-likeness (QED) is 0.281. The van der Waals surface area contributed by atoms with E-state index in [-0.39, 0.29) is 17.3 Å². The number of carbonyl (C=O) groups is 1. The van der Waals surface area contributed by atoms with Crippen molar-refractivity contribution in [1.29, 1.82) is 0 Å². The maximum absolute atomic E-state index is 15.1. The Bertz CT molecular complexity index is 1770. The number of aromatic amines is 2. The van der Waals surface area contributed by atoms with Crippen molar-refractivity contribution in [2.45, 2.75) is 12.8 Å². The van der Waals surface area contributed by atoms with E-state index >= 15 is 4.39 Å². The first-order valence-corrected chi connectivity index (χ1v) is 12.3. The zero-order valence-corrected chi connectivity index (χ0v) is 19.6. The Morgan fingerprint density at radius 3 is 2.89 bits per heavy atom. The largest absolute Gasteiger partial charge is 0.324 e. The predicted molar refractivity (Wildman–Crippen MR) is 137 cm³/mol. The van der Waals surface area contributed by atoms with Crippen molar-refractivity contribution >= 4 is 45.0 Å². The minimum absolute atomic E-state index is 0.00637. The van der Waals surface area contributed by atoms with E-state index in [1.165, 1.54) is 6.07 Å². The number of aromatic nitrogens is 6. The van der Waals surface area contributed by atoms with Crippen LogP contribution in [0, 0.1) is 11.7 Å². The molecule has 7 rings (SSSR count). The number of H-pyrrole nitrogens is 2. The van der Waals surface area contributed by atoms with E-state index in [0.29, 0.717) is 39.4 Å². The van der Waals surface area contributed by atoms with E-state index in [0.717, 1.165) is 28.8 Å². The molecule has 0 unspecified atom stereocenters. The molecular formula is C26H18FN7OS. The number of hydrogen-bond acceptors (Lipinski definition) is 6. The maximum atomic E-state index is 15.1. The van der Waals surface area contributed by atoms with Gasteiger partial charge in [-0.1, -0.05) is 6.07 Å². The number of nitrogens with one attached hydrogen (secondary N) is 3. The average Bonchev–Trinajstić information content (AvgIpc) is 3.26. The number of thiophene rings is 1. The van der Waals surface area contributed by atoms with Gasteiger partial charge >= 0.3 is 0 Å². The van der Waals surface area contributed by atoms with Crippen molar-refractivity contribution in [3.05, 3.63) is 66.2 Å². The van der Waals surface area contributed by atoms with Crippen molar-refractivity contribution in [2.75, 3.05) is 5.32 Å². The first-order chi connectivity index (χ1) is 17.6. The van der Waals surface area contributed by atoms with Crippen LogP contribution in [0.5, 0.6) is 0 Å². The number of benzene rings is 1. The summed E-state index contributed by atoms with van der Waals surface area (Å²) in [6, 6.07) is 11.0. The number of anilines is 1. The minimum atomic E-state index is -0.442. The lowest BCUT2D eigenvalue weighted by Gasteiger charge is -2.07. The first kappa shape index (κ1) is 20.9. The van der Waals surface area contributed by atoms with Crippen LogP contribution in [0.25, 0.3) is 55.2 Å². The topological polar surface area (TPSA) is 112 Å². The molecule has 6 aromatic rings. The monoisotopic (exact) mass is 495 g/mol. The number of imidazole rings is 1. The molecule has 5 heterocycles. The number of carbonyl (C=O) groups excluding carboxylic acids is 1. The summed E-state index contributed by atoms with van der Waals surface area (Å²) in [5, 5.41) is 12.7. The van der Waals surface area contributed by atoms with Gasteiger partial charge in [0.05, 0.1) is 11.9 Å². The Labute approximate surface area is 207 Å². The van der Waals surface area contributed by atoms with Crippen molar-refractivity contribution in [3.8, 4) is 33.1 Å². The Morgan fingerprint density at radius 1 is 1.14 bits per heavy atom. The highest BCUT2D eigenvalue weighted by Crippen LogP contribution is 2.35. The van der Waals surface area contributed by atoms with E-state index in [2.05, 4.69) is 30.5 Å². The number of rotatable bonds is 5. The van der Waals surface area contributed by atoms with Gasteiger partial charge < -0.3 is 10.3 Å². The van der Waals surface area contributed by atoms with Crippen LogP contribution in [-0.2, 0) is 4.79 Å². The van der Waals surface area contributed by atoms with Crippen molar-refractivity contribution < 1.29 is 9.18 Å². The summed E-state index contributed by atoms with van der Waals surface area (Å²) in [5.74, 6) is 0.123. The molecule has 1 fully saturated rings. The molecule has 176 valence electrons. The number of fused-ring (bicyclic) bond motifs is 2. The molecule has 0 bridgehead atoms. The van der Waals surface area contributed by atoms with Crippen LogP contribution in [0.4, 0.5) is 10.1 Å². The molecule has 0 aliphatic heterocycles. The van der Waals surface area contributed by atoms with Crippen LogP contribution in [0.2, 0.25) is 0 Å². The molecule has 8 nitrogen and oxygen atoms in total. The molecule has 0 saturated heterocycles. The Kier molecular flexibility index (Phi) is 4.68. The fourth-order valence-electron chi connectivity index (χ4n) is 4.34. The summed E-state index contributed by atoms with van der Waals surface area (Å²) < 4.78 is 15.1. The fraction of sp³-hybridized carbons (Fsp3) is 0.115. The second kappa shape index (κ2) is 8.06. The van der Waals surface area contributed by atoms with Gasteiger partial charge in [-0.2, -0.15) is 5.10 Å². The third kappa shape index (κ3) is 3.54. The van der Waals surface area contributed by atoms with Crippen LogP contribution < -0.4 is 5.32 Å². The summed E-state index contributed by atoms with van der Waals surface area (Å²) in [7, 11) is 0. The zero-order chi connectivity index (χ0) is 24.2. The fourth-order valence-corrected chi connectivity index (χ4v) is 5.09. The van der Waals surface area contributed by atoms with Crippen LogP contribution >= 0.6 is 11.3 Å². The third-order valence-corrected chi connectivity index (χ3v) is 7.21. The zero-order valence-electron chi connectivity index (χ0n) is 18.7. The molecular weight excluding hydrogens is 477 g/mol. The SMILES string of the molecule is O=C(Nc1cncc(-c2cc(F)c3[nH]nc(-c4nc5c(-c6cccs6)ccnc5[nH]4)c3c2)c1)C1CC1. The molecule has 0 radical (unpaired) electrons. The Balaban J connectivity index is 1.32. The van der Waals surface area contributed by atoms with E-state index in [9.17, 15) is 4.79 Å². The van der Waals surface area contributed by atoms with Crippen molar-refractivity contribution in [2.24, 2.45) is 5.92 Å². The minimum Gasteiger partial charge on any atom is -0.324 e. The normalized spacial score (nSPS) is 13.5. The van der Waals surface area contributed by atoms with Gasteiger partial charge in [-0.15, -0.1) is 11.3 Å². The van der Waals surface area contributed by atoms with Gasteiger partial charge in [0.2, 0.25) is 5.91 Å². The van der Waals surface area contributed by atoms with Gasteiger partial charge in [0.1, 0.15) is 22.5 Å². The average molecular weight is 496 g/mol. The Morgan fingerprint density at radius 2 is 2.06 bits per heavy atom. The van der Waals surface area contributed by atoms with Crippen molar-refractivity contribution in [3.63, 3.8) is 0 Å². The smallest absolute Gasteiger partial charge is 0.227 e.